The van der Waals surface area contributed by atoms with Crippen LogP contribution in [0.5, 0.6) is 0 Å². The number of hydrogen-bond donors (Lipinski definition) is 2. The molecule has 0 spiro atoms. The molecule has 0 radical (unpaired) electrons. The maximum atomic E-state index is 11.9. The molecule has 1 heterocycles. The summed E-state index contributed by atoms with van der Waals surface area (Å²) >= 11 is 5.88. The molecule has 0 saturated heterocycles. The van der Waals surface area contributed by atoms with Crippen molar-refractivity contribution >= 4 is 28.9 Å². The third-order valence-electron chi connectivity index (χ3n) is 3.05. The van der Waals surface area contributed by atoms with Crippen LogP contribution in [0.1, 0.15) is 11.4 Å². The number of nitrogens with zero attached hydrogens (tertiary/aromatic N) is 2. The molecule has 0 atom stereocenters. The first-order valence-corrected chi connectivity index (χ1v) is 6.64. The van der Waals surface area contributed by atoms with Crippen LogP contribution in [0.4, 0.5) is 11.4 Å². The van der Waals surface area contributed by atoms with Crippen LogP contribution in [0.15, 0.2) is 24.3 Å². The van der Waals surface area contributed by atoms with Crippen LogP contribution in [0.25, 0.3) is 0 Å². The lowest BCUT2D eigenvalue weighted by Gasteiger charge is -2.08. The summed E-state index contributed by atoms with van der Waals surface area (Å²) in [4.78, 5) is 11.9. The second kappa shape index (κ2) is 5.96. The molecule has 2 aromatic rings. The molecule has 106 valence electrons. The Bertz CT molecular complexity index is 636. The van der Waals surface area contributed by atoms with E-state index >= 15 is 0 Å². The summed E-state index contributed by atoms with van der Waals surface area (Å²) in [5.74, 6) is -0.121. The second-order valence-corrected chi connectivity index (χ2v) is 5.02. The Balaban J connectivity index is 1.96. The Hall–Kier alpha value is -2.01. The third-order valence-corrected chi connectivity index (χ3v) is 3.29. The zero-order valence-electron chi connectivity index (χ0n) is 11.7. The minimum absolute atomic E-state index is 0.121. The summed E-state index contributed by atoms with van der Waals surface area (Å²) in [6.45, 7) is 3.96. The van der Waals surface area contributed by atoms with Crippen molar-refractivity contribution in [3.8, 4) is 0 Å². The smallest absolute Gasteiger partial charge is 0.243 e. The number of anilines is 2. The molecule has 0 bridgehead atoms. The highest BCUT2D eigenvalue weighted by Gasteiger charge is 2.12. The van der Waals surface area contributed by atoms with Gasteiger partial charge in [-0.1, -0.05) is 17.7 Å². The molecular weight excluding hydrogens is 276 g/mol. The van der Waals surface area contributed by atoms with Crippen molar-refractivity contribution in [2.24, 2.45) is 7.05 Å². The molecule has 0 fully saturated rings. The predicted octanol–water partition coefficient (Wildman–Crippen LogP) is 2.74. The maximum absolute atomic E-state index is 11.9. The molecule has 2 N–H and O–H groups in total. The molecule has 0 unspecified atom stereocenters. The first kappa shape index (κ1) is 14.4. The Morgan fingerprint density at radius 1 is 1.40 bits per heavy atom. The minimum atomic E-state index is -0.121. The molecular formula is C14H17ClN4O. The van der Waals surface area contributed by atoms with Gasteiger partial charge in [-0.25, -0.2) is 0 Å². The molecule has 0 saturated carbocycles. The Labute approximate surface area is 122 Å². The Morgan fingerprint density at radius 2 is 2.15 bits per heavy atom. The quantitative estimate of drug-likeness (QED) is 0.911. The molecule has 1 aromatic carbocycles. The summed E-state index contributed by atoms with van der Waals surface area (Å²) < 4.78 is 1.75. The average Bonchev–Trinajstić information content (AvgIpc) is 2.63. The summed E-state index contributed by atoms with van der Waals surface area (Å²) in [7, 11) is 1.85. The van der Waals surface area contributed by atoms with E-state index in [2.05, 4.69) is 15.7 Å². The van der Waals surface area contributed by atoms with E-state index in [1.54, 1.807) is 16.8 Å². The molecule has 0 aliphatic rings. The normalized spacial score (nSPS) is 10.4. The molecule has 1 aromatic heterocycles. The van der Waals surface area contributed by atoms with Gasteiger partial charge in [0.2, 0.25) is 5.91 Å². The van der Waals surface area contributed by atoms with E-state index < -0.39 is 0 Å². The third kappa shape index (κ3) is 3.30. The van der Waals surface area contributed by atoms with Gasteiger partial charge in [0.15, 0.2) is 0 Å². The minimum Gasteiger partial charge on any atom is -0.376 e. The number of benzene rings is 1. The number of hydrogen-bond acceptors (Lipinski definition) is 3. The Morgan fingerprint density at radius 3 is 2.75 bits per heavy atom. The van der Waals surface area contributed by atoms with Gasteiger partial charge < -0.3 is 10.6 Å². The fraction of sp³-hybridized carbons (Fsp3) is 0.286. The fourth-order valence-electron chi connectivity index (χ4n) is 1.92. The van der Waals surface area contributed by atoms with Gasteiger partial charge in [-0.2, -0.15) is 5.10 Å². The largest absolute Gasteiger partial charge is 0.376 e. The zero-order valence-corrected chi connectivity index (χ0v) is 12.5. The van der Waals surface area contributed by atoms with E-state index in [-0.39, 0.29) is 12.5 Å². The van der Waals surface area contributed by atoms with Gasteiger partial charge in [0.25, 0.3) is 0 Å². The van der Waals surface area contributed by atoms with E-state index in [9.17, 15) is 4.79 Å². The number of aryl methyl sites for hydroxylation is 2. The van der Waals surface area contributed by atoms with Gasteiger partial charge in [-0.3, -0.25) is 9.48 Å². The number of aromatic nitrogens is 2. The highest BCUT2D eigenvalue weighted by molar-refractivity contribution is 6.30. The maximum Gasteiger partial charge on any atom is 0.243 e. The van der Waals surface area contributed by atoms with Gasteiger partial charge in [0.1, 0.15) is 0 Å². The summed E-state index contributed by atoms with van der Waals surface area (Å²) in [5.41, 5.74) is 3.32. The van der Waals surface area contributed by atoms with Gasteiger partial charge >= 0.3 is 0 Å². The fourth-order valence-corrected chi connectivity index (χ4v) is 2.11. The molecule has 0 aliphatic carbocycles. The van der Waals surface area contributed by atoms with E-state index in [0.29, 0.717) is 5.02 Å². The number of nitrogens with one attached hydrogen (secondary N) is 2. The van der Waals surface area contributed by atoms with E-state index in [1.807, 2.05) is 33.0 Å². The van der Waals surface area contributed by atoms with Crippen LogP contribution in [-0.4, -0.2) is 22.2 Å². The van der Waals surface area contributed by atoms with Gasteiger partial charge in [-0.05, 0) is 32.0 Å². The number of rotatable bonds is 4. The molecule has 20 heavy (non-hydrogen) atoms. The average molecular weight is 293 g/mol. The summed E-state index contributed by atoms with van der Waals surface area (Å²) in [6, 6.07) is 7.25. The highest BCUT2D eigenvalue weighted by Crippen LogP contribution is 2.18. The van der Waals surface area contributed by atoms with E-state index in [1.165, 1.54) is 0 Å². The highest BCUT2D eigenvalue weighted by atomic mass is 35.5. The lowest BCUT2D eigenvalue weighted by molar-refractivity contribution is -0.114. The molecule has 6 heteroatoms. The topological polar surface area (TPSA) is 59.0 Å². The van der Waals surface area contributed by atoms with E-state index in [4.69, 9.17) is 11.6 Å². The van der Waals surface area contributed by atoms with Crippen molar-refractivity contribution in [3.05, 3.63) is 40.7 Å². The van der Waals surface area contributed by atoms with Crippen molar-refractivity contribution in [2.45, 2.75) is 13.8 Å². The SMILES string of the molecule is Cc1nn(C)c(C)c1NC(=O)CNc1cccc(Cl)c1. The van der Waals surface area contributed by atoms with Crippen LogP contribution in [0, 0.1) is 13.8 Å². The lowest BCUT2D eigenvalue weighted by Crippen LogP contribution is -2.22. The van der Waals surface area contributed by atoms with Crippen LogP contribution < -0.4 is 10.6 Å². The number of carbonyl (C=O) groups is 1. The van der Waals surface area contributed by atoms with Crippen LogP contribution in [0.3, 0.4) is 0 Å². The predicted molar refractivity (Wildman–Crippen MR) is 81.3 cm³/mol. The van der Waals surface area contributed by atoms with Gasteiger partial charge in [-0.15, -0.1) is 0 Å². The first-order valence-electron chi connectivity index (χ1n) is 6.27. The number of amides is 1. The van der Waals surface area contributed by atoms with E-state index in [0.717, 1.165) is 22.8 Å². The van der Waals surface area contributed by atoms with Gasteiger partial charge in [0.05, 0.1) is 23.6 Å². The summed E-state index contributed by atoms with van der Waals surface area (Å²) in [6.07, 6.45) is 0. The van der Waals surface area contributed by atoms with Gasteiger partial charge in [0, 0.05) is 17.8 Å². The van der Waals surface area contributed by atoms with Crippen LogP contribution in [-0.2, 0) is 11.8 Å². The van der Waals surface area contributed by atoms with Crippen LogP contribution >= 0.6 is 11.6 Å². The first-order chi connectivity index (χ1) is 9.47. The monoisotopic (exact) mass is 292 g/mol. The zero-order chi connectivity index (χ0) is 14.7. The van der Waals surface area contributed by atoms with Crippen molar-refractivity contribution in [2.75, 3.05) is 17.2 Å². The van der Waals surface area contributed by atoms with Crippen molar-refractivity contribution in [3.63, 3.8) is 0 Å². The summed E-state index contributed by atoms with van der Waals surface area (Å²) in [5, 5.41) is 10.8. The molecule has 1 amide bonds. The lowest BCUT2D eigenvalue weighted by atomic mass is 10.3. The number of halogens is 1. The standard InChI is InChI=1S/C14H17ClN4O/c1-9-14(10(2)19(3)18-9)17-13(20)8-16-12-6-4-5-11(15)7-12/h4-7,16H,8H2,1-3H3,(H,17,20). The number of carbonyl (C=O) groups excluding carboxylic acids is 1. The van der Waals surface area contributed by atoms with Crippen molar-refractivity contribution in [1.29, 1.82) is 0 Å². The molecule has 5 nitrogen and oxygen atoms in total. The molecule has 2 rings (SSSR count). The Kier molecular flexibility index (Phi) is 4.29. The van der Waals surface area contributed by atoms with Crippen LogP contribution in [0.2, 0.25) is 5.02 Å². The van der Waals surface area contributed by atoms with Crippen molar-refractivity contribution in [1.82, 2.24) is 9.78 Å². The second-order valence-electron chi connectivity index (χ2n) is 4.58. The van der Waals surface area contributed by atoms with Crippen molar-refractivity contribution < 1.29 is 4.79 Å². The molecule has 0 aliphatic heterocycles.